The summed E-state index contributed by atoms with van der Waals surface area (Å²) in [6, 6.07) is 0.155. The van der Waals surface area contributed by atoms with Crippen molar-refractivity contribution in [2.75, 3.05) is 13.1 Å². The van der Waals surface area contributed by atoms with E-state index in [9.17, 15) is 4.79 Å². The lowest BCUT2D eigenvalue weighted by Gasteiger charge is -2.27. The van der Waals surface area contributed by atoms with Crippen molar-refractivity contribution in [3.8, 4) is 0 Å². The molecule has 0 N–H and O–H groups in total. The van der Waals surface area contributed by atoms with Gasteiger partial charge in [0, 0.05) is 5.92 Å². The Bertz CT molecular complexity index is 181. The van der Waals surface area contributed by atoms with Crippen LogP contribution in [-0.4, -0.2) is 29.8 Å². The molecule has 1 saturated carbocycles. The fraction of sp³-hybridized carbons (Fsp3) is 0.917. The average molecular weight is 197 g/mol. The van der Waals surface area contributed by atoms with Crippen LogP contribution in [0.25, 0.3) is 0 Å². The lowest BCUT2D eigenvalue weighted by Crippen LogP contribution is -2.40. The SMILES string of the molecule is CCCN(CCC)[C@H](C)C(=O)C1CC1. The topological polar surface area (TPSA) is 20.3 Å². The van der Waals surface area contributed by atoms with E-state index in [-0.39, 0.29) is 6.04 Å². The Morgan fingerprint density at radius 1 is 1.29 bits per heavy atom. The highest BCUT2D eigenvalue weighted by Crippen LogP contribution is 2.31. The van der Waals surface area contributed by atoms with E-state index in [1.165, 1.54) is 0 Å². The predicted octanol–water partition coefficient (Wildman–Crippen LogP) is 2.48. The molecule has 82 valence electrons. The van der Waals surface area contributed by atoms with E-state index in [0.29, 0.717) is 11.7 Å². The van der Waals surface area contributed by atoms with Crippen molar-refractivity contribution in [3.63, 3.8) is 0 Å². The molecule has 0 unspecified atom stereocenters. The average Bonchev–Trinajstić information content (AvgIpc) is 2.98. The molecule has 0 saturated heterocycles. The summed E-state index contributed by atoms with van der Waals surface area (Å²) >= 11 is 0. The maximum Gasteiger partial charge on any atom is 0.152 e. The van der Waals surface area contributed by atoms with E-state index in [2.05, 4.69) is 25.7 Å². The molecule has 1 aliphatic rings. The molecule has 2 heteroatoms. The summed E-state index contributed by atoms with van der Waals surface area (Å²) in [5.41, 5.74) is 0. The fourth-order valence-corrected chi connectivity index (χ4v) is 1.96. The van der Waals surface area contributed by atoms with Crippen molar-refractivity contribution in [1.29, 1.82) is 0 Å². The highest BCUT2D eigenvalue weighted by Gasteiger charge is 2.34. The molecule has 0 radical (unpaired) electrons. The molecule has 0 aliphatic heterocycles. The van der Waals surface area contributed by atoms with Crippen molar-refractivity contribution < 1.29 is 4.79 Å². The molecule has 0 aromatic rings. The number of hydrogen-bond acceptors (Lipinski definition) is 2. The van der Waals surface area contributed by atoms with Crippen molar-refractivity contribution in [2.45, 2.75) is 52.5 Å². The lowest BCUT2D eigenvalue weighted by atomic mass is 10.1. The first-order chi connectivity index (χ1) is 6.70. The van der Waals surface area contributed by atoms with Gasteiger partial charge in [0.2, 0.25) is 0 Å². The molecular formula is C12H23NO. The summed E-state index contributed by atoms with van der Waals surface area (Å²) in [4.78, 5) is 14.2. The van der Waals surface area contributed by atoms with Gasteiger partial charge in [-0.25, -0.2) is 0 Å². The number of Topliss-reactive ketones (excluding diaryl/α,β-unsaturated/α-hetero) is 1. The maximum absolute atomic E-state index is 11.9. The summed E-state index contributed by atoms with van der Waals surface area (Å²) in [6.07, 6.45) is 4.55. The Labute approximate surface area is 87.7 Å². The van der Waals surface area contributed by atoms with Crippen LogP contribution in [0.4, 0.5) is 0 Å². The second-order valence-corrected chi connectivity index (χ2v) is 4.39. The Balaban J connectivity index is 2.43. The molecule has 0 spiro atoms. The minimum atomic E-state index is 0.155. The number of nitrogens with zero attached hydrogens (tertiary/aromatic N) is 1. The standard InChI is InChI=1S/C12H23NO/c1-4-8-13(9-5-2)10(3)12(14)11-6-7-11/h10-11H,4-9H2,1-3H3/t10-/m1/s1. The van der Waals surface area contributed by atoms with Crippen molar-refractivity contribution in [2.24, 2.45) is 5.92 Å². The minimum absolute atomic E-state index is 0.155. The van der Waals surface area contributed by atoms with Crippen LogP contribution in [0, 0.1) is 5.92 Å². The maximum atomic E-state index is 11.9. The van der Waals surface area contributed by atoms with E-state index >= 15 is 0 Å². The molecule has 0 bridgehead atoms. The van der Waals surface area contributed by atoms with E-state index < -0.39 is 0 Å². The zero-order valence-corrected chi connectivity index (χ0v) is 9.75. The van der Waals surface area contributed by atoms with Crippen LogP contribution in [0.15, 0.2) is 0 Å². The van der Waals surface area contributed by atoms with Gasteiger partial charge in [-0.15, -0.1) is 0 Å². The van der Waals surface area contributed by atoms with Gasteiger partial charge in [0.25, 0.3) is 0 Å². The van der Waals surface area contributed by atoms with Gasteiger partial charge in [0.15, 0.2) is 5.78 Å². The fourth-order valence-electron chi connectivity index (χ4n) is 1.96. The van der Waals surface area contributed by atoms with E-state index in [4.69, 9.17) is 0 Å². The zero-order chi connectivity index (χ0) is 10.6. The van der Waals surface area contributed by atoms with Gasteiger partial charge >= 0.3 is 0 Å². The summed E-state index contributed by atoms with van der Waals surface area (Å²) in [5, 5.41) is 0. The molecule has 0 aromatic carbocycles. The van der Waals surface area contributed by atoms with Gasteiger partial charge in [-0.2, -0.15) is 0 Å². The van der Waals surface area contributed by atoms with Gasteiger partial charge in [-0.3, -0.25) is 9.69 Å². The van der Waals surface area contributed by atoms with Crippen molar-refractivity contribution in [1.82, 2.24) is 4.90 Å². The second-order valence-electron chi connectivity index (χ2n) is 4.39. The molecule has 0 amide bonds. The number of ketones is 1. The number of hydrogen-bond donors (Lipinski definition) is 0. The monoisotopic (exact) mass is 197 g/mol. The van der Waals surface area contributed by atoms with Crippen LogP contribution in [0.3, 0.4) is 0 Å². The second kappa shape index (κ2) is 5.50. The van der Waals surface area contributed by atoms with Crippen LogP contribution in [0.2, 0.25) is 0 Å². The van der Waals surface area contributed by atoms with Gasteiger partial charge in [0.1, 0.15) is 0 Å². The first-order valence-electron chi connectivity index (χ1n) is 5.98. The Morgan fingerprint density at radius 3 is 2.14 bits per heavy atom. The molecule has 1 aliphatic carbocycles. The third kappa shape index (κ3) is 3.09. The lowest BCUT2D eigenvalue weighted by molar-refractivity contribution is -0.125. The van der Waals surface area contributed by atoms with Gasteiger partial charge in [0.05, 0.1) is 6.04 Å². The summed E-state index contributed by atoms with van der Waals surface area (Å²) in [5.74, 6) is 0.883. The highest BCUT2D eigenvalue weighted by molar-refractivity contribution is 5.87. The highest BCUT2D eigenvalue weighted by atomic mass is 16.1. The number of carbonyl (C=O) groups is 1. The van der Waals surface area contributed by atoms with Gasteiger partial charge in [-0.05, 0) is 45.7 Å². The molecule has 2 nitrogen and oxygen atoms in total. The van der Waals surface area contributed by atoms with Crippen molar-refractivity contribution >= 4 is 5.78 Å². The van der Waals surface area contributed by atoms with Crippen LogP contribution in [0.1, 0.15) is 46.5 Å². The van der Waals surface area contributed by atoms with Crippen molar-refractivity contribution in [3.05, 3.63) is 0 Å². The van der Waals surface area contributed by atoms with E-state index in [1.807, 2.05) is 0 Å². The Hall–Kier alpha value is -0.370. The molecule has 1 fully saturated rings. The van der Waals surface area contributed by atoms with Gasteiger partial charge < -0.3 is 0 Å². The quantitative estimate of drug-likeness (QED) is 0.625. The largest absolute Gasteiger partial charge is 0.298 e. The summed E-state index contributed by atoms with van der Waals surface area (Å²) in [7, 11) is 0. The minimum Gasteiger partial charge on any atom is -0.298 e. The normalized spacial score (nSPS) is 18.6. The molecular weight excluding hydrogens is 174 g/mol. The first-order valence-corrected chi connectivity index (χ1v) is 5.98. The van der Waals surface area contributed by atoms with E-state index in [0.717, 1.165) is 38.8 Å². The Kier molecular flexibility index (Phi) is 4.59. The first kappa shape index (κ1) is 11.7. The molecule has 14 heavy (non-hydrogen) atoms. The molecule has 1 atom stereocenters. The number of carbonyl (C=O) groups excluding carboxylic acids is 1. The smallest absolute Gasteiger partial charge is 0.152 e. The van der Waals surface area contributed by atoms with Gasteiger partial charge in [-0.1, -0.05) is 13.8 Å². The molecule has 0 aromatic heterocycles. The van der Waals surface area contributed by atoms with Crippen LogP contribution in [-0.2, 0) is 4.79 Å². The third-order valence-corrected chi connectivity index (χ3v) is 2.96. The predicted molar refractivity (Wildman–Crippen MR) is 59.3 cm³/mol. The van der Waals surface area contributed by atoms with Crippen LogP contribution >= 0.6 is 0 Å². The summed E-state index contributed by atoms with van der Waals surface area (Å²) < 4.78 is 0. The Morgan fingerprint density at radius 2 is 1.79 bits per heavy atom. The van der Waals surface area contributed by atoms with Crippen LogP contribution < -0.4 is 0 Å². The molecule has 1 rings (SSSR count). The van der Waals surface area contributed by atoms with Crippen LogP contribution in [0.5, 0.6) is 0 Å². The third-order valence-electron chi connectivity index (χ3n) is 2.96. The van der Waals surface area contributed by atoms with E-state index in [1.54, 1.807) is 0 Å². The number of rotatable bonds is 7. The molecule has 0 heterocycles. The zero-order valence-electron chi connectivity index (χ0n) is 9.75. The summed E-state index contributed by atoms with van der Waals surface area (Å²) in [6.45, 7) is 8.56.